The zero-order valence-corrected chi connectivity index (χ0v) is 10.9. The topological polar surface area (TPSA) is 54.9 Å². The van der Waals surface area contributed by atoms with E-state index in [9.17, 15) is 5.21 Å². The highest BCUT2D eigenvalue weighted by molar-refractivity contribution is 6.42. The highest BCUT2D eigenvalue weighted by atomic mass is 35.5. The number of hydrogen-bond acceptors (Lipinski definition) is 2. The van der Waals surface area contributed by atoms with Gasteiger partial charge in [0.15, 0.2) is 5.71 Å². The van der Waals surface area contributed by atoms with E-state index in [1.54, 1.807) is 30.7 Å². The van der Waals surface area contributed by atoms with E-state index in [0.29, 0.717) is 28.7 Å². The molecule has 0 aliphatic rings. The lowest BCUT2D eigenvalue weighted by atomic mass is 10.1. The van der Waals surface area contributed by atoms with Crippen molar-refractivity contribution >= 4 is 28.9 Å². The molecular weight excluding hydrogens is 273 g/mol. The molecule has 1 aromatic heterocycles. The van der Waals surface area contributed by atoms with Crippen molar-refractivity contribution in [2.75, 3.05) is 0 Å². The third-order valence-corrected chi connectivity index (χ3v) is 3.31. The lowest BCUT2D eigenvalue weighted by molar-refractivity contribution is -0.374. The van der Waals surface area contributed by atoms with Crippen LogP contribution in [0.5, 0.6) is 0 Å². The molecule has 0 amide bonds. The van der Waals surface area contributed by atoms with E-state index in [1.807, 2.05) is 15.9 Å². The van der Waals surface area contributed by atoms with Crippen molar-refractivity contribution in [3.8, 4) is 0 Å². The third kappa shape index (κ3) is 3.03. The number of nitrogens with one attached hydrogen (secondary N) is 1. The molecule has 0 radical (unpaired) electrons. The van der Waals surface area contributed by atoms with Crippen LogP contribution in [0.25, 0.3) is 0 Å². The van der Waals surface area contributed by atoms with Gasteiger partial charge in [-0.3, -0.25) is 0 Å². The molecule has 0 aliphatic heterocycles. The number of imidazole rings is 1. The highest BCUT2D eigenvalue weighted by Gasteiger charge is 2.10. The minimum Gasteiger partial charge on any atom is -0.625 e. The van der Waals surface area contributed by atoms with Gasteiger partial charge in [-0.1, -0.05) is 23.2 Å². The average molecular weight is 284 g/mol. The number of nitrogens with zero attached hydrogens (tertiary/aromatic N) is 2. The molecule has 0 spiro atoms. The van der Waals surface area contributed by atoms with E-state index in [-0.39, 0.29) is 0 Å². The zero-order chi connectivity index (χ0) is 13.0. The Hall–Kier alpha value is -1.52. The Morgan fingerprint density at radius 2 is 2.17 bits per heavy atom. The average Bonchev–Trinajstić information content (AvgIpc) is 2.87. The standard InChI is InChI=1S/C12H11Cl2N3O/c13-10-2-1-9(7-11(10)14)12(16-18)3-5-17-6-4-15-8-17/h1-2,4,6-8,16H,3,5H2/b16-12+. The van der Waals surface area contributed by atoms with Crippen LogP contribution in [-0.2, 0) is 6.54 Å². The quantitative estimate of drug-likeness (QED) is 0.527. The van der Waals surface area contributed by atoms with Gasteiger partial charge in [0.25, 0.3) is 0 Å². The third-order valence-electron chi connectivity index (χ3n) is 2.57. The van der Waals surface area contributed by atoms with Crippen molar-refractivity contribution < 1.29 is 5.16 Å². The molecule has 1 aromatic carbocycles. The fraction of sp³-hybridized carbons (Fsp3) is 0.167. The lowest BCUT2D eigenvalue weighted by Crippen LogP contribution is -2.65. The van der Waals surface area contributed by atoms with E-state index >= 15 is 0 Å². The van der Waals surface area contributed by atoms with E-state index in [0.717, 1.165) is 5.56 Å². The summed E-state index contributed by atoms with van der Waals surface area (Å²) >= 11 is 11.8. The van der Waals surface area contributed by atoms with Crippen LogP contribution in [0.3, 0.4) is 0 Å². The Balaban J connectivity index is 2.11. The normalized spacial score (nSPS) is 11.8. The fourth-order valence-electron chi connectivity index (χ4n) is 1.60. The first-order valence-corrected chi connectivity index (χ1v) is 6.11. The van der Waals surface area contributed by atoms with Crippen LogP contribution < -0.4 is 5.16 Å². The number of aryl methyl sites for hydroxylation is 1. The first-order valence-electron chi connectivity index (χ1n) is 5.36. The minimum absolute atomic E-state index is 0.435. The Bertz CT molecular complexity index is 552. The van der Waals surface area contributed by atoms with Crippen LogP contribution in [0, 0.1) is 5.21 Å². The number of aromatic nitrogens is 2. The minimum atomic E-state index is 0.435. The van der Waals surface area contributed by atoms with Crippen molar-refractivity contribution in [3.05, 3.63) is 57.7 Å². The van der Waals surface area contributed by atoms with Crippen molar-refractivity contribution in [1.82, 2.24) is 9.55 Å². The molecule has 0 saturated heterocycles. The van der Waals surface area contributed by atoms with Crippen LogP contribution in [0.2, 0.25) is 10.0 Å². The molecular formula is C12H11Cl2N3O. The maximum atomic E-state index is 11.0. The van der Waals surface area contributed by atoms with Crippen LogP contribution in [0.15, 0.2) is 36.9 Å². The van der Waals surface area contributed by atoms with Gasteiger partial charge in [0.2, 0.25) is 0 Å². The summed E-state index contributed by atoms with van der Waals surface area (Å²) in [4.78, 5) is 3.94. The molecule has 2 rings (SSSR count). The van der Waals surface area contributed by atoms with Gasteiger partial charge in [0.05, 0.1) is 22.8 Å². The van der Waals surface area contributed by atoms with Gasteiger partial charge in [-0.05, 0) is 18.2 Å². The lowest BCUT2D eigenvalue weighted by Gasteiger charge is -2.05. The first kappa shape index (κ1) is 12.9. The van der Waals surface area contributed by atoms with Crippen molar-refractivity contribution in [2.24, 2.45) is 0 Å². The van der Waals surface area contributed by atoms with Crippen LogP contribution in [0.1, 0.15) is 12.0 Å². The maximum absolute atomic E-state index is 11.0. The first-order chi connectivity index (χ1) is 8.70. The second-order valence-electron chi connectivity index (χ2n) is 3.76. The predicted molar refractivity (Wildman–Crippen MR) is 71.7 cm³/mol. The summed E-state index contributed by atoms with van der Waals surface area (Å²) in [5, 5.41) is 13.9. The molecule has 2 aromatic rings. The number of hydrogen-bond donors (Lipinski definition) is 1. The van der Waals surface area contributed by atoms with E-state index in [4.69, 9.17) is 23.2 Å². The summed E-state index contributed by atoms with van der Waals surface area (Å²) in [5.74, 6) is 0. The molecule has 0 bridgehead atoms. The van der Waals surface area contributed by atoms with Gasteiger partial charge in [-0.25, -0.2) is 10.1 Å². The Labute approximate surface area is 114 Å². The number of rotatable bonds is 4. The van der Waals surface area contributed by atoms with Crippen molar-refractivity contribution in [2.45, 2.75) is 13.0 Å². The molecule has 0 unspecified atom stereocenters. The molecule has 0 aliphatic carbocycles. The van der Waals surface area contributed by atoms with Gasteiger partial charge in [0, 0.05) is 24.5 Å². The summed E-state index contributed by atoms with van der Waals surface area (Å²) in [5.41, 5.74) is 1.32. The predicted octanol–water partition coefficient (Wildman–Crippen LogP) is 1.65. The van der Waals surface area contributed by atoms with Crippen LogP contribution in [-0.4, -0.2) is 15.3 Å². The van der Waals surface area contributed by atoms with Gasteiger partial charge >= 0.3 is 0 Å². The molecule has 0 fully saturated rings. The van der Waals surface area contributed by atoms with Gasteiger partial charge in [0.1, 0.15) is 0 Å². The second-order valence-corrected chi connectivity index (χ2v) is 4.57. The molecule has 18 heavy (non-hydrogen) atoms. The molecule has 6 heteroatoms. The van der Waals surface area contributed by atoms with Gasteiger partial charge in [-0.15, -0.1) is 0 Å². The Morgan fingerprint density at radius 3 is 2.78 bits per heavy atom. The highest BCUT2D eigenvalue weighted by Crippen LogP contribution is 2.22. The van der Waals surface area contributed by atoms with E-state index < -0.39 is 0 Å². The van der Waals surface area contributed by atoms with E-state index in [2.05, 4.69) is 4.98 Å². The van der Waals surface area contributed by atoms with Crippen LogP contribution >= 0.6 is 23.2 Å². The van der Waals surface area contributed by atoms with Gasteiger partial charge in [-0.2, -0.15) is 0 Å². The monoisotopic (exact) mass is 283 g/mol. The maximum Gasteiger partial charge on any atom is 0.194 e. The molecule has 1 heterocycles. The van der Waals surface area contributed by atoms with Gasteiger partial charge < -0.3 is 9.77 Å². The smallest absolute Gasteiger partial charge is 0.194 e. The van der Waals surface area contributed by atoms with Crippen molar-refractivity contribution in [1.29, 1.82) is 0 Å². The number of benzene rings is 1. The molecule has 0 atom stereocenters. The number of halogens is 2. The zero-order valence-electron chi connectivity index (χ0n) is 9.44. The van der Waals surface area contributed by atoms with E-state index in [1.165, 1.54) is 0 Å². The Morgan fingerprint density at radius 1 is 1.33 bits per heavy atom. The fourth-order valence-corrected chi connectivity index (χ4v) is 1.90. The summed E-state index contributed by atoms with van der Waals surface area (Å²) < 4.78 is 1.90. The summed E-state index contributed by atoms with van der Waals surface area (Å²) in [6, 6.07) is 5.12. The molecule has 94 valence electrons. The molecule has 4 nitrogen and oxygen atoms in total. The van der Waals surface area contributed by atoms with Crippen molar-refractivity contribution in [3.63, 3.8) is 0 Å². The summed E-state index contributed by atoms with van der Waals surface area (Å²) in [7, 11) is 0. The summed E-state index contributed by atoms with van der Waals surface area (Å²) in [6.45, 7) is 0.671. The molecule has 0 saturated carbocycles. The largest absolute Gasteiger partial charge is 0.625 e. The SMILES string of the molecule is [O-]/[NH+]=C(\CCn1ccnc1)c1ccc(Cl)c(Cl)c1. The summed E-state index contributed by atoms with van der Waals surface area (Å²) in [6.07, 6.45) is 5.82. The molecule has 1 N–H and O–H groups in total. The Kier molecular flexibility index (Phi) is 4.23. The van der Waals surface area contributed by atoms with Crippen LogP contribution in [0.4, 0.5) is 0 Å². The second kappa shape index (κ2) is 5.89.